The number of methoxy groups -OCH3 is 2. The van der Waals surface area contributed by atoms with Crippen molar-refractivity contribution in [2.45, 2.75) is 12.8 Å². The van der Waals surface area contributed by atoms with E-state index in [1.165, 1.54) is 10.7 Å². The molecule has 1 N–H and O–H groups in total. The number of amides is 1. The molecule has 1 fully saturated rings. The number of rotatable bonds is 6. The fourth-order valence-corrected chi connectivity index (χ4v) is 4.09. The average Bonchev–Trinajstić information content (AvgIpc) is 2.84. The number of carbonyl (C=O) groups excluding carboxylic acids is 1. The lowest BCUT2D eigenvalue weighted by Crippen LogP contribution is -2.41. The molecule has 0 aliphatic carbocycles. The van der Waals surface area contributed by atoms with E-state index in [1.54, 1.807) is 62.8 Å². The minimum Gasteiger partial charge on any atom is -0.497 e. The number of ether oxygens (including phenoxy) is 2. The number of aromatic nitrogens is 2. The van der Waals surface area contributed by atoms with Gasteiger partial charge in [-0.25, -0.2) is 0 Å². The molecule has 1 unspecified atom stereocenters. The van der Waals surface area contributed by atoms with Crippen molar-refractivity contribution in [3.63, 3.8) is 0 Å². The number of anilines is 2. The molecular weight excluding hydrogens is 444 g/mol. The Morgan fingerprint density at radius 2 is 1.97 bits per heavy atom. The van der Waals surface area contributed by atoms with E-state index in [-0.39, 0.29) is 17.4 Å². The maximum Gasteiger partial charge on any atom is 0.271 e. The van der Waals surface area contributed by atoms with Gasteiger partial charge in [-0.15, -0.1) is 5.10 Å². The zero-order chi connectivity index (χ0) is 23.4. The quantitative estimate of drug-likeness (QED) is 0.593. The van der Waals surface area contributed by atoms with Crippen molar-refractivity contribution in [2.75, 3.05) is 37.5 Å². The lowest BCUT2D eigenvalue weighted by molar-refractivity contribution is -0.120. The summed E-state index contributed by atoms with van der Waals surface area (Å²) in [4.78, 5) is 27.5. The third-order valence-electron chi connectivity index (χ3n) is 5.62. The predicted molar refractivity (Wildman–Crippen MR) is 128 cm³/mol. The van der Waals surface area contributed by atoms with Gasteiger partial charge < -0.3 is 19.7 Å². The second-order valence-electron chi connectivity index (χ2n) is 7.76. The Morgan fingerprint density at radius 1 is 1.12 bits per heavy atom. The van der Waals surface area contributed by atoms with Gasteiger partial charge in [-0.2, -0.15) is 4.68 Å². The number of benzene rings is 2. The van der Waals surface area contributed by atoms with Gasteiger partial charge in [0.05, 0.1) is 31.5 Å². The summed E-state index contributed by atoms with van der Waals surface area (Å²) >= 11 is 6.08. The van der Waals surface area contributed by atoms with Crippen molar-refractivity contribution in [3.05, 3.63) is 70.0 Å². The third-order valence-corrected chi connectivity index (χ3v) is 5.85. The molecule has 2 aromatic carbocycles. The Bertz CT molecular complexity index is 1210. The topological polar surface area (TPSA) is 85.7 Å². The summed E-state index contributed by atoms with van der Waals surface area (Å²) < 4.78 is 12.0. The molecular formula is C24H25ClN4O4. The monoisotopic (exact) mass is 468 g/mol. The molecule has 2 heterocycles. The van der Waals surface area contributed by atoms with Crippen LogP contribution in [0.5, 0.6) is 11.5 Å². The SMILES string of the molecule is COc1ccc(OC)c(NC(=O)C2CCCN(c3ccc(=O)n(-c4cccc(Cl)c4)n3)C2)c1. The van der Waals surface area contributed by atoms with E-state index in [1.807, 2.05) is 4.90 Å². The number of hydrogen-bond acceptors (Lipinski definition) is 6. The van der Waals surface area contributed by atoms with Crippen molar-refractivity contribution in [1.29, 1.82) is 0 Å². The Balaban J connectivity index is 1.53. The van der Waals surface area contributed by atoms with Crippen LogP contribution in [0.3, 0.4) is 0 Å². The van der Waals surface area contributed by atoms with Crippen molar-refractivity contribution in [1.82, 2.24) is 9.78 Å². The molecule has 0 spiro atoms. The Hall–Kier alpha value is -3.52. The largest absolute Gasteiger partial charge is 0.497 e. The molecule has 0 bridgehead atoms. The van der Waals surface area contributed by atoms with Gasteiger partial charge in [0.15, 0.2) is 0 Å². The van der Waals surface area contributed by atoms with Gasteiger partial charge >= 0.3 is 0 Å². The van der Waals surface area contributed by atoms with Crippen molar-refractivity contribution < 1.29 is 14.3 Å². The molecule has 1 aliphatic heterocycles. The molecule has 1 amide bonds. The van der Waals surface area contributed by atoms with E-state index < -0.39 is 0 Å². The van der Waals surface area contributed by atoms with Crippen LogP contribution >= 0.6 is 11.6 Å². The summed E-state index contributed by atoms with van der Waals surface area (Å²) in [7, 11) is 3.13. The van der Waals surface area contributed by atoms with Gasteiger partial charge in [0.25, 0.3) is 5.56 Å². The van der Waals surface area contributed by atoms with Crippen LogP contribution in [0.15, 0.2) is 59.4 Å². The molecule has 1 aromatic heterocycles. The van der Waals surface area contributed by atoms with Crippen LogP contribution in [0.4, 0.5) is 11.5 Å². The van der Waals surface area contributed by atoms with E-state index >= 15 is 0 Å². The van der Waals surface area contributed by atoms with E-state index in [0.29, 0.717) is 40.3 Å². The summed E-state index contributed by atoms with van der Waals surface area (Å²) in [5.74, 6) is 1.47. The minimum absolute atomic E-state index is 0.102. The first kappa shape index (κ1) is 22.7. The summed E-state index contributed by atoms with van der Waals surface area (Å²) in [6.07, 6.45) is 1.58. The molecule has 1 atom stereocenters. The highest BCUT2D eigenvalue weighted by Gasteiger charge is 2.27. The highest BCUT2D eigenvalue weighted by molar-refractivity contribution is 6.30. The van der Waals surface area contributed by atoms with Gasteiger partial charge in [0, 0.05) is 30.2 Å². The maximum absolute atomic E-state index is 13.1. The number of piperidine rings is 1. The lowest BCUT2D eigenvalue weighted by atomic mass is 9.97. The molecule has 0 radical (unpaired) electrons. The molecule has 33 heavy (non-hydrogen) atoms. The van der Waals surface area contributed by atoms with Gasteiger partial charge in [-0.05, 0) is 49.2 Å². The Morgan fingerprint density at radius 3 is 2.73 bits per heavy atom. The highest BCUT2D eigenvalue weighted by atomic mass is 35.5. The van der Waals surface area contributed by atoms with Gasteiger partial charge in [-0.1, -0.05) is 17.7 Å². The summed E-state index contributed by atoms with van der Waals surface area (Å²) in [5.41, 5.74) is 0.898. The standard InChI is InChI=1S/C24H25ClN4O4/c1-32-19-8-9-21(33-2)20(14-19)26-24(31)16-5-4-12-28(15-16)22-10-11-23(30)29(27-22)18-7-3-6-17(25)13-18/h3,6-11,13-14,16H,4-5,12,15H2,1-2H3,(H,26,31). The van der Waals surface area contributed by atoms with Crippen molar-refractivity contribution >= 4 is 29.0 Å². The summed E-state index contributed by atoms with van der Waals surface area (Å²) in [6, 6.07) is 15.4. The van der Waals surface area contributed by atoms with Crippen LogP contribution < -0.4 is 25.2 Å². The number of nitrogens with zero attached hydrogens (tertiary/aromatic N) is 3. The van der Waals surface area contributed by atoms with Crippen LogP contribution in [0.2, 0.25) is 5.02 Å². The number of carbonyl (C=O) groups is 1. The highest BCUT2D eigenvalue weighted by Crippen LogP contribution is 2.30. The van der Waals surface area contributed by atoms with Gasteiger partial charge in [-0.3, -0.25) is 9.59 Å². The minimum atomic E-state index is -0.252. The zero-order valence-corrected chi connectivity index (χ0v) is 19.2. The maximum atomic E-state index is 13.1. The van der Waals surface area contributed by atoms with Crippen LogP contribution in [-0.2, 0) is 4.79 Å². The number of halogens is 1. The van der Waals surface area contributed by atoms with Crippen molar-refractivity contribution in [2.24, 2.45) is 5.92 Å². The molecule has 4 rings (SSSR count). The molecule has 1 aliphatic rings. The number of hydrogen-bond donors (Lipinski definition) is 1. The van der Waals surface area contributed by atoms with E-state index in [2.05, 4.69) is 10.4 Å². The fourth-order valence-electron chi connectivity index (χ4n) is 3.91. The third kappa shape index (κ3) is 5.12. The fraction of sp³-hybridized carbons (Fsp3) is 0.292. The first-order valence-electron chi connectivity index (χ1n) is 10.6. The van der Waals surface area contributed by atoms with Gasteiger partial charge in [0.1, 0.15) is 17.3 Å². The second kappa shape index (κ2) is 9.95. The average molecular weight is 469 g/mol. The Labute approximate surface area is 196 Å². The predicted octanol–water partition coefficient (Wildman–Crippen LogP) is 3.76. The van der Waals surface area contributed by atoms with Crippen LogP contribution in [0.1, 0.15) is 12.8 Å². The first-order chi connectivity index (χ1) is 16.0. The zero-order valence-electron chi connectivity index (χ0n) is 18.5. The summed E-state index contributed by atoms with van der Waals surface area (Å²) in [5, 5.41) is 8.03. The van der Waals surface area contributed by atoms with E-state index in [0.717, 1.165) is 19.4 Å². The van der Waals surface area contributed by atoms with Crippen LogP contribution in [-0.4, -0.2) is 43.0 Å². The summed E-state index contributed by atoms with van der Waals surface area (Å²) in [6.45, 7) is 1.23. The smallest absolute Gasteiger partial charge is 0.271 e. The lowest BCUT2D eigenvalue weighted by Gasteiger charge is -2.33. The Kier molecular flexibility index (Phi) is 6.84. The molecule has 172 valence electrons. The first-order valence-corrected chi connectivity index (χ1v) is 11.0. The van der Waals surface area contributed by atoms with Crippen LogP contribution in [0.25, 0.3) is 5.69 Å². The normalized spacial score (nSPS) is 15.7. The van der Waals surface area contributed by atoms with Gasteiger partial charge in [0.2, 0.25) is 5.91 Å². The molecule has 0 saturated carbocycles. The van der Waals surface area contributed by atoms with E-state index in [4.69, 9.17) is 21.1 Å². The molecule has 3 aromatic rings. The second-order valence-corrected chi connectivity index (χ2v) is 8.20. The van der Waals surface area contributed by atoms with Crippen LogP contribution in [0, 0.1) is 5.92 Å². The molecule has 1 saturated heterocycles. The van der Waals surface area contributed by atoms with E-state index in [9.17, 15) is 9.59 Å². The molecule has 8 nitrogen and oxygen atoms in total. The molecule has 9 heteroatoms. The number of nitrogens with one attached hydrogen (secondary N) is 1. The van der Waals surface area contributed by atoms with Crippen molar-refractivity contribution in [3.8, 4) is 17.2 Å².